The minimum absolute atomic E-state index is 0.0520. The molecule has 3 rings (SSSR count). The molecule has 1 fully saturated rings. The molecular weight excluding hydrogens is 356 g/mol. The minimum Gasteiger partial charge on any atom is -0.494 e. The Labute approximate surface area is 166 Å². The summed E-state index contributed by atoms with van der Waals surface area (Å²) >= 11 is 0. The van der Waals surface area contributed by atoms with E-state index in [0.29, 0.717) is 37.0 Å². The topological polar surface area (TPSA) is 67.8 Å². The summed E-state index contributed by atoms with van der Waals surface area (Å²) in [6, 6.07) is 9.26. The third-order valence-corrected chi connectivity index (χ3v) is 4.77. The lowest BCUT2D eigenvalue weighted by molar-refractivity contribution is 0.0746. The zero-order valence-corrected chi connectivity index (χ0v) is 16.9. The standard InChI is InChI=1S/C21H28N4O3/c1-4-5-14-28-18-8-6-17(7-9-18)21(26)25-12-10-24(11-13-25)19-15-20(27-3)23-16(2)22-19/h6-9,15H,4-5,10-14H2,1-3H3. The van der Waals surface area contributed by atoms with Crippen molar-refractivity contribution in [2.45, 2.75) is 26.7 Å². The van der Waals surface area contributed by atoms with Crippen LogP contribution in [-0.2, 0) is 0 Å². The molecule has 0 N–H and O–H groups in total. The third kappa shape index (κ3) is 4.91. The summed E-state index contributed by atoms with van der Waals surface area (Å²) in [7, 11) is 1.60. The van der Waals surface area contributed by atoms with Gasteiger partial charge in [0.05, 0.1) is 13.7 Å². The first-order chi connectivity index (χ1) is 13.6. The Kier molecular flexibility index (Phi) is 6.68. The number of amides is 1. The second kappa shape index (κ2) is 9.39. The van der Waals surface area contributed by atoms with Crippen molar-refractivity contribution in [3.63, 3.8) is 0 Å². The van der Waals surface area contributed by atoms with Gasteiger partial charge in [-0.2, -0.15) is 4.98 Å². The number of unbranched alkanes of at least 4 members (excludes halogenated alkanes) is 1. The normalized spacial score (nSPS) is 14.1. The van der Waals surface area contributed by atoms with Gasteiger partial charge in [0.2, 0.25) is 5.88 Å². The van der Waals surface area contributed by atoms with Gasteiger partial charge in [-0.25, -0.2) is 4.98 Å². The van der Waals surface area contributed by atoms with Gasteiger partial charge in [-0.15, -0.1) is 0 Å². The highest BCUT2D eigenvalue weighted by Gasteiger charge is 2.23. The molecule has 7 heteroatoms. The Morgan fingerprint density at radius 2 is 1.82 bits per heavy atom. The zero-order valence-electron chi connectivity index (χ0n) is 16.9. The predicted octanol–water partition coefficient (Wildman–Crippen LogP) is 2.93. The smallest absolute Gasteiger partial charge is 0.253 e. The summed E-state index contributed by atoms with van der Waals surface area (Å²) in [6.45, 7) is 7.44. The average molecular weight is 384 g/mol. The van der Waals surface area contributed by atoms with E-state index in [2.05, 4.69) is 21.8 Å². The first-order valence-corrected chi connectivity index (χ1v) is 9.77. The lowest BCUT2D eigenvalue weighted by Crippen LogP contribution is -2.49. The summed E-state index contributed by atoms with van der Waals surface area (Å²) in [5.41, 5.74) is 0.691. The molecule has 1 aromatic heterocycles. The summed E-state index contributed by atoms with van der Waals surface area (Å²) in [5.74, 6) is 2.93. The molecule has 150 valence electrons. The second-order valence-corrected chi connectivity index (χ2v) is 6.82. The third-order valence-electron chi connectivity index (χ3n) is 4.77. The number of rotatable bonds is 7. The van der Waals surface area contributed by atoms with Crippen molar-refractivity contribution in [1.82, 2.24) is 14.9 Å². The molecule has 0 spiro atoms. The quantitative estimate of drug-likeness (QED) is 0.684. The van der Waals surface area contributed by atoms with Crippen LogP contribution in [0.25, 0.3) is 0 Å². The second-order valence-electron chi connectivity index (χ2n) is 6.82. The van der Waals surface area contributed by atoms with E-state index in [1.54, 1.807) is 7.11 Å². The fourth-order valence-corrected chi connectivity index (χ4v) is 3.14. The molecule has 7 nitrogen and oxygen atoms in total. The Morgan fingerprint density at radius 1 is 1.11 bits per heavy atom. The van der Waals surface area contributed by atoms with E-state index in [-0.39, 0.29) is 5.91 Å². The van der Waals surface area contributed by atoms with E-state index >= 15 is 0 Å². The van der Waals surface area contributed by atoms with E-state index in [0.717, 1.165) is 37.5 Å². The summed E-state index contributed by atoms with van der Waals surface area (Å²) < 4.78 is 10.9. The number of ether oxygens (including phenoxy) is 2. The van der Waals surface area contributed by atoms with Gasteiger partial charge in [0.15, 0.2) is 0 Å². The van der Waals surface area contributed by atoms with E-state index in [9.17, 15) is 4.79 Å². The molecule has 1 aliphatic heterocycles. The van der Waals surface area contributed by atoms with Crippen LogP contribution in [-0.4, -0.2) is 60.7 Å². The number of hydrogen-bond donors (Lipinski definition) is 0. The molecule has 0 unspecified atom stereocenters. The number of carbonyl (C=O) groups is 1. The van der Waals surface area contributed by atoms with Crippen molar-refractivity contribution < 1.29 is 14.3 Å². The Bertz CT molecular complexity index is 787. The number of nitrogens with zero attached hydrogens (tertiary/aromatic N) is 4. The average Bonchev–Trinajstić information content (AvgIpc) is 2.73. The molecule has 0 aliphatic carbocycles. The molecule has 2 aromatic rings. The van der Waals surface area contributed by atoms with Gasteiger partial charge < -0.3 is 19.3 Å². The Balaban J connectivity index is 1.57. The zero-order chi connectivity index (χ0) is 19.9. The van der Waals surface area contributed by atoms with Crippen molar-refractivity contribution in [3.05, 3.63) is 41.7 Å². The maximum absolute atomic E-state index is 12.8. The number of anilines is 1. The van der Waals surface area contributed by atoms with Gasteiger partial charge in [-0.05, 0) is 37.6 Å². The van der Waals surface area contributed by atoms with Gasteiger partial charge in [0, 0.05) is 37.8 Å². The fourth-order valence-electron chi connectivity index (χ4n) is 3.14. The van der Waals surface area contributed by atoms with Crippen molar-refractivity contribution in [2.75, 3.05) is 44.8 Å². The summed E-state index contributed by atoms with van der Waals surface area (Å²) in [5, 5.41) is 0. The van der Waals surface area contributed by atoms with Gasteiger partial charge in [-0.3, -0.25) is 4.79 Å². The Morgan fingerprint density at radius 3 is 2.46 bits per heavy atom. The van der Waals surface area contributed by atoms with Gasteiger partial charge in [0.25, 0.3) is 5.91 Å². The molecular formula is C21H28N4O3. The van der Waals surface area contributed by atoms with Crippen LogP contribution in [0.2, 0.25) is 0 Å². The molecule has 1 aromatic carbocycles. The van der Waals surface area contributed by atoms with Crippen LogP contribution >= 0.6 is 0 Å². The van der Waals surface area contributed by atoms with Crippen LogP contribution < -0.4 is 14.4 Å². The van der Waals surface area contributed by atoms with Crippen LogP contribution in [0.15, 0.2) is 30.3 Å². The Hall–Kier alpha value is -2.83. The highest BCUT2D eigenvalue weighted by Crippen LogP contribution is 2.20. The molecule has 0 atom stereocenters. The van der Waals surface area contributed by atoms with Gasteiger partial charge in [0.1, 0.15) is 17.4 Å². The van der Waals surface area contributed by atoms with Crippen LogP contribution in [0, 0.1) is 6.92 Å². The van der Waals surface area contributed by atoms with Crippen LogP contribution in [0.5, 0.6) is 11.6 Å². The van der Waals surface area contributed by atoms with E-state index in [1.807, 2.05) is 42.2 Å². The summed E-state index contributed by atoms with van der Waals surface area (Å²) in [6.07, 6.45) is 2.13. The highest BCUT2D eigenvalue weighted by atomic mass is 16.5. The number of piperazine rings is 1. The van der Waals surface area contributed by atoms with Crippen LogP contribution in [0.3, 0.4) is 0 Å². The molecule has 2 heterocycles. The molecule has 0 saturated carbocycles. The van der Waals surface area contributed by atoms with E-state index in [4.69, 9.17) is 9.47 Å². The largest absolute Gasteiger partial charge is 0.494 e. The number of methoxy groups -OCH3 is 1. The first-order valence-electron chi connectivity index (χ1n) is 9.77. The number of benzene rings is 1. The monoisotopic (exact) mass is 384 g/mol. The number of carbonyl (C=O) groups excluding carboxylic acids is 1. The van der Waals surface area contributed by atoms with Crippen molar-refractivity contribution >= 4 is 11.7 Å². The van der Waals surface area contributed by atoms with Gasteiger partial charge >= 0.3 is 0 Å². The number of hydrogen-bond acceptors (Lipinski definition) is 6. The minimum atomic E-state index is 0.0520. The van der Waals surface area contributed by atoms with Gasteiger partial charge in [-0.1, -0.05) is 13.3 Å². The lowest BCUT2D eigenvalue weighted by Gasteiger charge is -2.35. The molecule has 1 aliphatic rings. The molecule has 0 bridgehead atoms. The van der Waals surface area contributed by atoms with Crippen molar-refractivity contribution in [2.24, 2.45) is 0 Å². The van der Waals surface area contributed by atoms with Crippen LogP contribution in [0.4, 0.5) is 5.82 Å². The molecule has 1 amide bonds. The highest BCUT2D eigenvalue weighted by molar-refractivity contribution is 5.94. The van der Waals surface area contributed by atoms with E-state index < -0.39 is 0 Å². The maximum Gasteiger partial charge on any atom is 0.253 e. The number of aromatic nitrogens is 2. The van der Waals surface area contributed by atoms with Crippen molar-refractivity contribution in [1.29, 1.82) is 0 Å². The molecule has 1 saturated heterocycles. The number of aryl methyl sites for hydroxylation is 1. The SMILES string of the molecule is CCCCOc1ccc(C(=O)N2CCN(c3cc(OC)nc(C)n3)CC2)cc1. The van der Waals surface area contributed by atoms with E-state index in [1.165, 1.54) is 0 Å². The molecule has 28 heavy (non-hydrogen) atoms. The molecule has 0 radical (unpaired) electrons. The predicted molar refractivity (Wildman–Crippen MR) is 108 cm³/mol. The lowest BCUT2D eigenvalue weighted by atomic mass is 10.1. The van der Waals surface area contributed by atoms with Crippen molar-refractivity contribution in [3.8, 4) is 11.6 Å². The summed E-state index contributed by atoms with van der Waals surface area (Å²) in [4.78, 5) is 25.5. The fraction of sp³-hybridized carbons (Fsp3) is 0.476. The van der Waals surface area contributed by atoms with Crippen LogP contribution in [0.1, 0.15) is 35.9 Å². The maximum atomic E-state index is 12.8. The first kappa shape index (κ1) is 19.9.